The quantitative estimate of drug-likeness (QED) is 0.324. The first-order valence-corrected chi connectivity index (χ1v) is 10.2. The molecule has 0 fully saturated rings. The molecule has 0 aromatic rings. The van der Waals surface area contributed by atoms with Crippen LogP contribution in [0.15, 0.2) is 0 Å². The molecule has 0 spiro atoms. The number of rotatable bonds is 14. The molecule has 0 aliphatic heterocycles. The van der Waals surface area contributed by atoms with Crippen molar-refractivity contribution >= 4 is 7.82 Å². The Labute approximate surface area is 130 Å². The van der Waals surface area contributed by atoms with Gasteiger partial charge in [0.2, 0.25) is 0 Å². The van der Waals surface area contributed by atoms with E-state index in [1.165, 1.54) is 6.42 Å². The van der Waals surface area contributed by atoms with E-state index in [9.17, 15) is 14.4 Å². The number of phosphoric acid groups is 1. The SMILES string of the molecule is CCCCCCC(CCCC)(CCCCC)OP(=O)(O)O. The summed E-state index contributed by atoms with van der Waals surface area (Å²) in [6.07, 6.45) is 11.9. The van der Waals surface area contributed by atoms with Crippen molar-refractivity contribution in [2.24, 2.45) is 0 Å². The van der Waals surface area contributed by atoms with E-state index in [2.05, 4.69) is 20.8 Å². The summed E-state index contributed by atoms with van der Waals surface area (Å²) in [6, 6.07) is 0. The lowest BCUT2D eigenvalue weighted by atomic mass is 9.85. The fourth-order valence-electron chi connectivity index (χ4n) is 2.83. The summed E-state index contributed by atoms with van der Waals surface area (Å²) in [5.41, 5.74) is -0.627. The fourth-order valence-corrected chi connectivity index (χ4v) is 3.61. The van der Waals surface area contributed by atoms with Crippen LogP contribution in [-0.2, 0) is 9.09 Å². The highest BCUT2D eigenvalue weighted by Gasteiger charge is 2.36. The van der Waals surface area contributed by atoms with Crippen molar-refractivity contribution < 1.29 is 18.9 Å². The normalized spacial score (nSPS) is 15.1. The van der Waals surface area contributed by atoms with Gasteiger partial charge < -0.3 is 9.79 Å². The number of phosphoric ester groups is 1. The summed E-state index contributed by atoms with van der Waals surface area (Å²) in [4.78, 5) is 18.6. The molecule has 5 heteroatoms. The second-order valence-corrected chi connectivity index (χ2v) is 7.30. The number of unbranched alkanes of at least 4 members (excludes halogenated alkanes) is 6. The van der Waals surface area contributed by atoms with E-state index in [1.54, 1.807) is 0 Å². The minimum Gasteiger partial charge on any atom is -0.303 e. The second-order valence-electron chi connectivity index (χ2n) is 6.14. The van der Waals surface area contributed by atoms with Gasteiger partial charge in [0.15, 0.2) is 0 Å². The van der Waals surface area contributed by atoms with Crippen molar-refractivity contribution in [3.63, 3.8) is 0 Å². The molecule has 0 aromatic carbocycles. The maximum Gasteiger partial charge on any atom is 0.470 e. The van der Waals surface area contributed by atoms with Gasteiger partial charge >= 0.3 is 7.82 Å². The van der Waals surface area contributed by atoms with Crippen LogP contribution in [0.1, 0.15) is 97.8 Å². The smallest absolute Gasteiger partial charge is 0.303 e. The van der Waals surface area contributed by atoms with Gasteiger partial charge in [0.05, 0.1) is 5.60 Å². The molecule has 1 unspecified atom stereocenters. The Morgan fingerprint density at radius 2 is 1.19 bits per heavy atom. The van der Waals surface area contributed by atoms with Crippen molar-refractivity contribution in [2.45, 2.75) is 103 Å². The summed E-state index contributed by atoms with van der Waals surface area (Å²) in [5.74, 6) is 0. The molecule has 21 heavy (non-hydrogen) atoms. The van der Waals surface area contributed by atoms with Crippen LogP contribution < -0.4 is 0 Å². The maximum absolute atomic E-state index is 11.4. The number of hydrogen-bond donors (Lipinski definition) is 2. The van der Waals surface area contributed by atoms with Gasteiger partial charge in [-0.3, -0.25) is 4.52 Å². The van der Waals surface area contributed by atoms with Gasteiger partial charge in [0.1, 0.15) is 0 Å². The van der Waals surface area contributed by atoms with Crippen molar-refractivity contribution in [2.75, 3.05) is 0 Å². The van der Waals surface area contributed by atoms with Gasteiger partial charge in [-0.25, -0.2) is 4.57 Å². The Morgan fingerprint density at radius 3 is 1.67 bits per heavy atom. The highest BCUT2D eigenvalue weighted by molar-refractivity contribution is 7.46. The van der Waals surface area contributed by atoms with Crippen LogP contribution >= 0.6 is 7.82 Å². The van der Waals surface area contributed by atoms with E-state index in [4.69, 9.17) is 4.52 Å². The standard InChI is InChI=1S/C16H35O4P/c1-4-7-10-12-15-16(13-9-6-3,14-11-8-5-2)20-21(17,18)19/h4-15H2,1-3H3,(H2,17,18,19). The molecule has 0 rings (SSSR count). The number of hydrogen-bond acceptors (Lipinski definition) is 2. The lowest BCUT2D eigenvalue weighted by Gasteiger charge is -2.34. The average Bonchev–Trinajstić information content (AvgIpc) is 2.40. The molecule has 0 radical (unpaired) electrons. The Bertz CT molecular complexity index is 290. The molecule has 1 atom stereocenters. The van der Waals surface area contributed by atoms with Crippen LogP contribution in [0.2, 0.25) is 0 Å². The summed E-state index contributed by atoms with van der Waals surface area (Å²) < 4.78 is 16.7. The molecule has 128 valence electrons. The largest absolute Gasteiger partial charge is 0.470 e. The summed E-state index contributed by atoms with van der Waals surface area (Å²) in [5, 5.41) is 0. The predicted octanol–water partition coefficient (Wildman–Crippen LogP) is 5.58. The Balaban J connectivity index is 4.76. The molecule has 0 saturated heterocycles. The molecule has 0 bridgehead atoms. The van der Waals surface area contributed by atoms with Crippen molar-refractivity contribution in [1.82, 2.24) is 0 Å². The van der Waals surface area contributed by atoms with Crippen molar-refractivity contribution in [3.8, 4) is 0 Å². The monoisotopic (exact) mass is 322 g/mol. The first kappa shape index (κ1) is 21.1. The lowest BCUT2D eigenvalue weighted by Crippen LogP contribution is -2.32. The minimum atomic E-state index is -4.43. The van der Waals surface area contributed by atoms with Gasteiger partial charge in [0, 0.05) is 0 Å². The minimum absolute atomic E-state index is 0.627. The van der Waals surface area contributed by atoms with E-state index >= 15 is 0 Å². The van der Waals surface area contributed by atoms with Gasteiger partial charge in [-0.2, -0.15) is 0 Å². The van der Waals surface area contributed by atoms with Gasteiger partial charge in [-0.1, -0.05) is 78.6 Å². The topological polar surface area (TPSA) is 66.8 Å². The first-order chi connectivity index (χ1) is 9.89. The van der Waals surface area contributed by atoms with Crippen LogP contribution in [0.3, 0.4) is 0 Å². The molecule has 0 saturated carbocycles. The third kappa shape index (κ3) is 11.3. The summed E-state index contributed by atoms with van der Waals surface area (Å²) in [7, 11) is -4.43. The van der Waals surface area contributed by atoms with Crippen LogP contribution in [0.25, 0.3) is 0 Å². The van der Waals surface area contributed by atoms with Crippen molar-refractivity contribution in [1.29, 1.82) is 0 Å². The zero-order valence-corrected chi connectivity index (χ0v) is 15.0. The second kappa shape index (κ2) is 11.6. The molecular weight excluding hydrogens is 287 g/mol. The predicted molar refractivity (Wildman–Crippen MR) is 88.3 cm³/mol. The Hall–Kier alpha value is 0.110. The van der Waals surface area contributed by atoms with Crippen LogP contribution in [-0.4, -0.2) is 15.4 Å². The average molecular weight is 322 g/mol. The van der Waals surface area contributed by atoms with Crippen LogP contribution in [0.5, 0.6) is 0 Å². The molecule has 2 N–H and O–H groups in total. The molecular formula is C16H35O4P. The fraction of sp³-hybridized carbons (Fsp3) is 1.00. The van der Waals surface area contributed by atoms with E-state index in [0.29, 0.717) is 0 Å². The summed E-state index contributed by atoms with van der Waals surface area (Å²) >= 11 is 0. The molecule has 0 aliphatic carbocycles. The van der Waals surface area contributed by atoms with Gasteiger partial charge in [-0.15, -0.1) is 0 Å². The zero-order chi connectivity index (χ0) is 16.2. The Morgan fingerprint density at radius 1 is 0.762 bits per heavy atom. The highest BCUT2D eigenvalue weighted by atomic mass is 31.2. The molecule has 0 aliphatic rings. The van der Waals surface area contributed by atoms with E-state index in [-0.39, 0.29) is 0 Å². The Kier molecular flexibility index (Phi) is 11.7. The molecule has 4 nitrogen and oxygen atoms in total. The van der Waals surface area contributed by atoms with E-state index < -0.39 is 13.4 Å². The van der Waals surface area contributed by atoms with Gasteiger partial charge in [-0.05, 0) is 19.3 Å². The van der Waals surface area contributed by atoms with Crippen LogP contribution in [0, 0.1) is 0 Å². The molecule has 0 aromatic heterocycles. The third-order valence-electron chi connectivity index (χ3n) is 4.02. The van der Waals surface area contributed by atoms with E-state index in [0.717, 1.165) is 70.6 Å². The lowest BCUT2D eigenvalue weighted by molar-refractivity contribution is 0.00581. The molecule has 0 amide bonds. The first-order valence-electron chi connectivity index (χ1n) is 8.65. The third-order valence-corrected chi connectivity index (χ3v) is 4.65. The van der Waals surface area contributed by atoms with Crippen molar-refractivity contribution in [3.05, 3.63) is 0 Å². The van der Waals surface area contributed by atoms with Crippen LogP contribution in [0.4, 0.5) is 0 Å². The maximum atomic E-state index is 11.4. The highest BCUT2D eigenvalue weighted by Crippen LogP contribution is 2.47. The van der Waals surface area contributed by atoms with Gasteiger partial charge in [0.25, 0.3) is 0 Å². The zero-order valence-electron chi connectivity index (χ0n) is 14.1. The van der Waals surface area contributed by atoms with E-state index in [1.807, 2.05) is 0 Å². The summed E-state index contributed by atoms with van der Waals surface area (Å²) in [6.45, 7) is 6.40. The molecule has 0 heterocycles.